The zero-order valence-electron chi connectivity index (χ0n) is 14.1. The molecule has 2 aromatic rings. The summed E-state index contributed by atoms with van der Waals surface area (Å²) in [6.45, 7) is 1.37. The maximum Gasteiger partial charge on any atom is 0.292 e. The van der Waals surface area contributed by atoms with Crippen LogP contribution in [0, 0.1) is 20.2 Å². The van der Waals surface area contributed by atoms with E-state index in [-0.39, 0.29) is 22.0 Å². The van der Waals surface area contributed by atoms with Gasteiger partial charge in [-0.2, -0.15) is 0 Å². The lowest BCUT2D eigenvalue weighted by molar-refractivity contribution is -0.385. The molecule has 10 heteroatoms. The molecule has 1 heterocycles. The summed E-state index contributed by atoms with van der Waals surface area (Å²) in [5.41, 5.74) is 0.134. The average molecular weight is 391 g/mol. The molecule has 1 aliphatic heterocycles. The van der Waals surface area contributed by atoms with Gasteiger partial charge in [-0.05, 0) is 18.2 Å². The molecule has 0 unspecified atom stereocenters. The Balaban J connectivity index is 1.76. The van der Waals surface area contributed by atoms with Crippen LogP contribution in [0.3, 0.4) is 0 Å². The van der Waals surface area contributed by atoms with E-state index in [1.54, 1.807) is 18.2 Å². The number of piperazine rings is 1. The topological polar surface area (TPSA) is 110 Å². The van der Waals surface area contributed by atoms with Crippen molar-refractivity contribution in [2.75, 3.05) is 31.1 Å². The first kappa shape index (κ1) is 18.6. The van der Waals surface area contributed by atoms with E-state index < -0.39 is 15.8 Å². The number of carbonyl (C=O) groups excluding carboxylic acids is 1. The van der Waals surface area contributed by atoms with Crippen molar-refractivity contribution in [2.24, 2.45) is 0 Å². The van der Waals surface area contributed by atoms with E-state index >= 15 is 0 Å². The van der Waals surface area contributed by atoms with Gasteiger partial charge < -0.3 is 9.80 Å². The second-order valence-corrected chi connectivity index (χ2v) is 6.38. The van der Waals surface area contributed by atoms with Gasteiger partial charge in [-0.1, -0.05) is 23.7 Å². The Kier molecular flexibility index (Phi) is 5.22. The molecule has 0 spiro atoms. The predicted octanol–water partition coefficient (Wildman–Crippen LogP) is 3.12. The molecule has 1 aliphatic rings. The molecule has 0 atom stereocenters. The molecule has 1 amide bonds. The second kappa shape index (κ2) is 7.58. The van der Waals surface area contributed by atoms with Crippen LogP contribution in [0.1, 0.15) is 10.4 Å². The fourth-order valence-corrected chi connectivity index (χ4v) is 3.21. The minimum atomic E-state index is -0.636. The number of hydrogen-bond donors (Lipinski definition) is 0. The molecule has 140 valence electrons. The van der Waals surface area contributed by atoms with E-state index in [9.17, 15) is 25.0 Å². The van der Waals surface area contributed by atoms with Crippen molar-refractivity contribution in [2.45, 2.75) is 0 Å². The Morgan fingerprint density at radius 1 is 0.926 bits per heavy atom. The number of halogens is 1. The van der Waals surface area contributed by atoms with Gasteiger partial charge in [0.15, 0.2) is 0 Å². The maximum atomic E-state index is 12.7. The van der Waals surface area contributed by atoms with Gasteiger partial charge in [0.2, 0.25) is 0 Å². The van der Waals surface area contributed by atoms with Crippen molar-refractivity contribution in [3.8, 4) is 0 Å². The highest BCUT2D eigenvalue weighted by Gasteiger charge is 2.29. The number of benzene rings is 2. The van der Waals surface area contributed by atoms with Crippen molar-refractivity contribution in [1.82, 2.24) is 4.90 Å². The highest BCUT2D eigenvalue weighted by Crippen LogP contribution is 2.29. The third-order valence-corrected chi connectivity index (χ3v) is 4.61. The minimum Gasteiger partial charge on any atom is -0.362 e. The van der Waals surface area contributed by atoms with E-state index in [0.717, 1.165) is 6.07 Å². The molecule has 0 aliphatic carbocycles. The van der Waals surface area contributed by atoms with E-state index in [1.165, 1.54) is 23.1 Å². The summed E-state index contributed by atoms with van der Waals surface area (Å²) in [5.74, 6) is -0.458. The number of amides is 1. The van der Waals surface area contributed by atoms with Crippen LogP contribution in [-0.2, 0) is 0 Å². The van der Waals surface area contributed by atoms with E-state index in [1.807, 2.05) is 4.90 Å². The summed E-state index contributed by atoms with van der Waals surface area (Å²) in [5, 5.41) is 22.6. The van der Waals surface area contributed by atoms with Crippen LogP contribution in [-0.4, -0.2) is 46.8 Å². The van der Waals surface area contributed by atoms with Gasteiger partial charge in [0.25, 0.3) is 17.3 Å². The number of nitrogens with zero attached hydrogens (tertiary/aromatic N) is 4. The number of para-hydroxylation sites is 2. The van der Waals surface area contributed by atoms with Gasteiger partial charge in [0.1, 0.15) is 11.3 Å². The van der Waals surface area contributed by atoms with Crippen LogP contribution in [0.4, 0.5) is 17.1 Å². The molecule has 0 saturated carbocycles. The number of anilines is 1. The molecule has 1 saturated heterocycles. The van der Waals surface area contributed by atoms with Gasteiger partial charge in [-0.25, -0.2) is 0 Å². The summed E-state index contributed by atoms with van der Waals surface area (Å²) in [7, 11) is 0. The third-order valence-electron chi connectivity index (χ3n) is 4.37. The third kappa shape index (κ3) is 3.82. The Bertz CT molecular complexity index is 912. The van der Waals surface area contributed by atoms with Gasteiger partial charge in [0, 0.05) is 43.3 Å². The molecule has 0 radical (unpaired) electrons. The fourth-order valence-electron chi connectivity index (χ4n) is 3.04. The van der Waals surface area contributed by atoms with E-state index in [0.29, 0.717) is 31.9 Å². The van der Waals surface area contributed by atoms with Crippen LogP contribution in [0.5, 0.6) is 0 Å². The van der Waals surface area contributed by atoms with Crippen LogP contribution in [0.2, 0.25) is 5.02 Å². The Morgan fingerprint density at radius 2 is 1.56 bits per heavy atom. The Morgan fingerprint density at radius 3 is 2.19 bits per heavy atom. The molecule has 0 aromatic heterocycles. The van der Waals surface area contributed by atoms with Crippen molar-refractivity contribution in [1.29, 1.82) is 0 Å². The van der Waals surface area contributed by atoms with Gasteiger partial charge in [-0.15, -0.1) is 0 Å². The molecular weight excluding hydrogens is 376 g/mol. The highest BCUT2D eigenvalue weighted by atomic mass is 35.5. The number of carbonyl (C=O) groups is 1. The zero-order valence-corrected chi connectivity index (χ0v) is 14.8. The summed E-state index contributed by atoms with van der Waals surface area (Å²) in [6, 6.07) is 10.3. The van der Waals surface area contributed by atoms with Gasteiger partial charge >= 0.3 is 0 Å². The van der Waals surface area contributed by atoms with Crippen molar-refractivity contribution < 1.29 is 14.6 Å². The highest BCUT2D eigenvalue weighted by molar-refractivity contribution is 6.31. The quantitative estimate of drug-likeness (QED) is 0.586. The number of hydrogen-bond acceptors (Lipinski definition) is 6. The molecule has 27 heavy (non-hydrogen) atoms. The van der Waals surface area contributed by atoms with Gasteiger partial charge in [0.05, 0.1) is 9.85 Å². The summed E-state index contributed by atoms with van der Waals surface area (Å²) in [4.78, 5) is 37.4. The average Bonchev–Trinajstić information content (AvgIpc) is 2.67. The maximum absolute atomic E-state index is 12.7. The van der Waals surface area contributed by atoms with Crippen LogP contribution in [0.25, 0.3) is 0 Å². The van der Waals surface area contributed by atoms with E-state index in [4.69, 9.17) is 11.6 Å². The van der Waals surface area contributed by atoms with E-state index in [2.05, 4.69) is 0 Å². The van der Waals surface area contributed by atoms with Crippen LogP contribution < -0.4 is 4.90 Å². The molecule has 9 nitrogen and oxygen atoms in total. The molecule has 0 N–H and O–H groups in total. The number of nitro groups is 2. The Labute approximate surface area is 159 Å². The summed E-state index contributed by atoms with van der Waals surface area (Å²) in [6.07, 6.45) is 0. The summed E-state index contributed by atoms with van der Waals surface area (Å²) >= 11 is 5.79. The fraction of sp³-hybridized carbons (Fsp3) is 0.235. The van der Waals surface area contributed by atoms with Gasteiger partial charge in [-0.3, -0.25) is 25.0 Å². The van der Waals surface area contributed by atoms with Crippen molar-refractivity contribution in [3.63, 3.8) is 0 Å². The molecule has 0 bridgehead atoms. The monoisotopic (exact) mass is 390 g/mol. The molecule has 2 aromatic carbocycles. The second-order valence-electron chi connectivity index (χ2n) is 5.94. The number of rotatable bonds is 4. The van der Waals surface area contributed by atoms with Crippen LogP contribution in [0.15, 0.2) is 42.5 Å². The first-order chi connectivity index (χ1) is 12.9. The predicted molar refractivity (Wildman–Crippen MR) is 99.3 cm³/mol. The molecule has 1 fully saturated rings. The minimum absolute atomic E-state index is 0.00520. The first-order valence-corrected chi connectivity index (χ1v) is 8.48. The lowest BCUT2D eigenvalue weighted by Crippen LogP contribution is -2.49. The lowest BCUT2D eigenvalue weighted by atomic mass is 10.1. The molecule has 3 rings (SSSR count). The smallest absolute Gasteiger partial charge is 0.292 e. The zero-order chi connectivity index (χ0) is 19.6. The van der Waals surface area contributed by atoms with Crippen LogP contribution >= 0.6 is 11.6 Å². The first-order valence-electron chi connectivity index (χ1n) is 8.10. The van der Waals surface area contributed by atoms with Crippen molar-refractivity contribution in [3.05, 3.63) is 73.3 Å². The number of nitro benzene ring substituents is 2. The summed E-state index contributed by atoms with van der Waals surface area (Å²) < 4.78 is 0. The standard InChI is InChI=1S/C17H15ClN4O5/c18-12-5-6-13(16(11-12)22(26)27)17(23)20-9-7-19(8-10-20)14-3-1-2-4-15(14)21(24)25/h1-6,11H,7-10H2. The largest absolute Gasteiger partial charge is 0.362 e. The lowest BCUT2D eigenvalue weighted by Gasteiger charge is -2.35. The normalized spacial score (nSPS) is 14.1. The van der Waals surface area contributed by atoms with Crippen molar-refractivity contribution >= 4 is 34.6 Å². The Hall–Kier alpha value is -3.20. The SMILES string of the molecule is O=C(c1ccc(Cl)cc1[N+](=O)[O-])N1CCN(c2ccccc2[N+](=O)[O-])CC1. The molecular formula is C17H15ClN4O5.